The van der Waals surface area contributed by atoms with Crippen LogP contribution in [0.25, 0.3) is 0 Å². The molecule has 0 aromatic heterocycles. The molecule has 1 aromatic carbocycles. The Bertz CT molecular complexity index is 494. The molecular weight excluding hydrogens is 282 g/mol. The largest absolute Gasteiger partial charge is 0.480 e. The number of nitrogens with one attached hydrogen (secondary N) is 2. The van der Waals surface area contributed by atoms with Gasteiger partial charge >= 0.3 is 5.97 Å². The molecule has 6 nitrogen and oxygen atoms in total. The quantitative estimate of drug-likeness (QED) is 0.601. The fourth-order valence-corrected chi connectivity index (χ4v) is 1.79. The molecule has 0 aliphatic carbocycles. The Hall–Kier alpha value is -1.63. The summed E-state index contributed by atoms with van der Waals surface area (Å²) in [6.45, 7) is 2.46. The Morgan fingerprint density at radius 3 is 2.75 bits per heavy atom. The van der Waals surface area contributed by atoms with Crippen molar-refractivity contribution in [2.45, 2.75) is 19.4 Å². The van der Waals surface area contributed by atoms with E-state index in [0.29, 0.717) is 23.8 Å². The molecule has 0 fully saturated rings. The third kappa shape index (κ3) is 5.16. The van der Waals surface area contributed by atoms with E-state index in [1.54, 1.807) is 18.2 Å². The zero-order valence-corrected chi connectivity index (χ0v) is 11.9. The standard InChI is InChI=1S/C13H18ClN3O3/c1-8-2-3-9(14)6-10(8)17-12(18)7-11(13(19)20)16-5-4-15/h2-3,6,11,16H,4-5,7,15H2,1H3,(H,17,18)(H,19,20)/t11-/m1/s1. The predicted molar refractivity (Wildman–Crippen MR) is 77.9 cm³/mol. The minimum Gasteiger partial charge on any atom is -0.480 e. The molecule has 5 N–H and O–H groups in total. The van der Waals surface area contributed by atoms with Crippen molar-refractivity contribution in [2.75, 3.05) is 18.4 Å². The van der Waals surface area contributed by atoms with Gasteiger partial charge in [0.25, 0.3) is 0 Å². The van der Waals surface area contributed by atoms with Crippen molar-refractivity contribution in [3.8, 4) is 0 Å². The zero-order valence-electron chi connectivity index (χ0n) is 11.1. The van der Waals surface area contributed by atoms with E-state index in [1.165, 1.54) is 0 Å². The molecule has 0 saturated carbocycles. The highest BCUT2D eigenvalue weighted by atomic mass is 35.5. The van der Waals surface area contributed by atoms with Crippen molar-refractivity contribution >= 4 is 29.2 Å². The van der Waals surface area contributed by atoms with Crippen molar-refractivity contribution in [3.63, 3.8) is 0 Å². The summed E-state index contributed by atoms with van der Waals surface area (Å²) in [6.07, 6.45) is -0.179. The van der Waals surface area contributed by atoms with Crippen LogP contribution in [0.4, 0.5) is 5.69 Å². The minimum atomic E-state index is -1.09. The van der Waals surface area contributed by atoms with Crippen molar-refractivity contribution < 1.29 is 14.7 Å². The average molecular weight is 300 g/mol. The van der Waals surface area contributed by atoms with E-state index in [-0.39, 0.29) is 6.42 Å². The second-order valence-corrected chi connectivity index (χ2v) is 4.78. The summed E-state index contributed by atoms with van der Waals surface area (Å²) in [6, 6.07) is 4.16. The number of amides is 1. The van der Waals surface area contributed by atoms with Crippen LogP contribution in [-0.2, 0) is 9.59 Å². The summed E-state index contributed by atoms with van der Waals surface area (Å²) in [5.74, 6) is -1.48. The van der Waals surface area contributed by atoms with E-state index < -0.39 is 17.9 Å². The molecule has 0 heterocycles. The normalized spacial score (nSPS) is 11.9. The van der Waals surface area contributed by atoms with Crippen molar-refractivity contribution in [2.24, 2.45) is 5.73 Å². The van der Waals surface area contributed by atoms with Crippen LogP contribution in [0.5, 0.6) is 0 Å². The number of anilines is 1. The van der Waals surface area contributed by atoms with Gasteiger partial charge in [0.15, 0.2) is 0 Å². The van der Waals surface area contributed by atoms with Crippen LogP contribution in [0.15, 0.2) is 18.2 Å². The highest BCUT2D eigenvalue weighted by Crippen LogP contribution is 2.20. The van der Waals surface area contributed by atoms with E-state index in [9.17, 15) is 9.59 Å². The molecule has 110 valence electrons. The number of halogens is 1. The first-order chi connectivity index (χ1) is 9.43. The zero-order chi connectivity index (χ0) is 15.1. The van der Waals surface area contributed by atoms with Gasteiger partial charge in [-0.3, -0.25) is 9.59 Å². The van der Waals surface area contributed by atoms with Crippen molar-refractivity contribution in [1.29, 1.82) is 0 Å². The first-order valence-electron chi connectivity index (χ1n) is 6.16. The molecule has 0 radical (unpaired) electrons. The molecule has 0 unspecified atom stereocenters. The maximum Gasteiger partial charge on any atom is 0.321 e. The lowest BCUT2D eigenvalue weighted by Gasteiger charge is -2.14. The number of carboxylic acid groups (broad SMARTS) is 1. The number of carboxylic acids is 1. The Kier molecular flexibility index (Phi) is 6.44. The third-order valence-corrected chi connectivity index (χ3v) is 2.93. The molecule has 0 saturated heterocycles. The SMILES string of the molecule is Cc1ccc(Cl)cc1NC(=O)C[C@@H](NCCN)C(=O)O. The van der Waals surface area contributed by atoms with Crippen LogP contribution in [0.3, 0.4) is 0 Å². The second-order valence-electron chi connectivity index (χ2n) is 4.35. The van der Waals surface area contributed by atoms with Gasteiger partial charge in [-0.1, -0.05) is 17.7 Å². The Morgan fingerprint density at radius 1 is 1.45 bits per heavy atom. The monoisotopic (exact) mass is 299 g/mol. The fourth-order valence-electron chi connectivity index (χ4n) is 1.62. The fraction of sp³-hybridized carbons (Fsp3) is 0.385. The van der Waals surface area contributed by atoms with Crippen LogP contribution in [0.2, 0.25) is 5.02 Å². The van der Waals surface area contributed by atoms with Gasteiger partial charge in [-0.15, -0.1) is 0 Å². The highest BCUT2D eigenvalue weighted by molar-refractivity contribution is 6.31. The van der Waals surface area contributed by atoms with Crippen molar-refractivity contribution in [3.05, 3.63) is 28.8 Å². The molecule has 20 heavy (non-hydrogen) atoms. The van der Waals surface area contributed by atoms with Gasteiger partial charge in [-0.2, -0.15) is 0 Å². The first kappa shape index (κ1) is 16.4. The Morgan fingerprint density at radius 2 is 2.15 bits per heavy atom. The summed E-state index contributed by atoms with van der Waals surface area (Å²) in [4.78, 5) is 22.9. The van der Waals surface area contributed by atoms with E-state index in [1.807, 2.05) is 6.92 Å². The highest BCUT2D eigenvalue weighted by Gasteiger charge is 2.20. The first-order valence-corrected chi connectivity index (χ1v) is 6.54. The minimum absolute atomic E-state index is 0.179. The molecule has 0 bridgehead atoms. The number of carbonyl (C=O) groups is 2. The summed E-state index contributed by atoms with van der Waals surface area (Å²) in [5.41, 5.74) is 6.72. The number of hydrogen-bond acceptors (Lipinski definition) is 4. The maximum atomic E-state index is 11.9. The van der Waals surface area contributed by atoms with Crippen LogP contribution in [0.1, 0.15) is 12.0 Å². The lowest BCUT2D eigenvalue weighted by Crippen LogP contribution is -2.41. The lowest BCUT2D eigenvalue weighted by atomic mass is 10.1. The lowest BCUT2D eigenvalue weighted by molar-refractivity contribution is -0.141. The number of rotatable bonds is 7. The van der Waals surface area contributed by atoms with Crippen LogP contribution in [-0.4, -0.2) is 36.1 Å². The number of benzene rings is 1. The summed E-state index contributed by atoms with van der Waals surface area (Å²) < 4.78 is 0. The van der Waals surface area contributed by atoms with E-state index >= 15 is 0 Å². The van der Waals surface area contributed by atoms with E-state index in [2.05, 4.69) is 10.6 Å². The van der Waals surface area contributed by atoms with Crippen LogP contribution >= 0.6 is 11.6 Å². The molecule has 7 heteroatoms. The maximum absolute atomic E-state index is 11.9. The summed E-state index contributed by atoms with van der Waals surface area (Å²) in [5, 5.41) is 14.9. The van der Waals surface area contributed by atoms with E-state index in [0.717, 1.165) is 5.56 Å². The van der Waals surface area contributed by atoms with Gasteiger partial charge in [0.1, 0.15) is 6.04 Å². The molecule has 0 spiro atoms. The van der Waals surface area contributed by atoms with Gasteiger partial charge in [0.2, 0.25) is 5.91 Å². The van der Waals surface area contributed by atoms with Gasteiger partial charge in [0, 0.05) is 23.8 Å². The number of hydrogen-bond donors (Lipinski definition) is 4. The van der Waals surface area contributed by atoms with Crippen molar-refractivity contribution in [1.82, 2.24) is 5.32 Å². The molecular formula is C13H18ClN3O3. The Balaban J connectivity index is 2.65. The number of nitrogens with two attached hydrogens (primary N) is 1. The second kappa shape index (κ2) is 7.84. The van der Waals surface area contributed by atoms with Gasteiger partial charge in [-0.05, 0) is 24.6 Å². The van der Waals surface area contributed by atoms with Gasteiger partial charge < -0.3 is 21.5 Å². The molecule has 1 amide bonds. The van der Waals surface area contributed by atoms with E-state index in [4.69, 9.17) is 22.4 Å². The Labute approximate surface area is 122 Å². The molecule has 1 atom stereocenters. The van der Waals surface area contributed by atoms with Crippen LogP contribution in [0, 0.1) is 6.92 Å². The molecule has 1 rings (SSSR count). The number of carbonyl (C=O) groups excluding carboxylic acids is 1. The number of aryl methyl sites for hydroxylation is 1. The third-order valence-electron chi connectivity index (χ3n) is 2.70. The molecule has 1 aromatic rings. The van der Waals surface area contributed by atoms with Gasteiger partial charge in [0.05, 0.1) is 6.42 Å². The molecule has 0 aliphatic heterocycles. The van der Waals surface area contributed by atoms with Crippen LogP contribution < -0.4 is 16.4 Å². The van der Waals surface area contributed by atoms with Gasteiger partial charge in [-0.25, -0.2) is 0 Å². The topological polar surface area (TPSA) is 104 Å². The molecule has 0 aliphatic rings. The number of aliphatic carboxylic acids is 1. The summed E-state index contributed by atoms with van der Waals surface area (Å²) in [7, 11) is 0. The smallest absolute Gasteiger partial charge is 0.321 e. The predicted octanol–water partition coefficient (Wildman–Crippen LogP) is 0.979. The average Bonchev–Trinajstić information content (AvgIpc) is 2.38. The summed E-state index contributed by atoms with van der Waals surface area (Å²) >= 11 is 5.85.